The van der Waals surface area contributed by atoms with E-state index >= 15 is 0 Å². The lowest BCUT2D eigenvalue weighted by atomic mass is 9.87. The number of rotatable bonds is 2. The van der Waals surface area contributed by atoms with Crippen molar-refractivity contribution in [2.24, 2.45) is 0 Å². The highest BCUT2D eigenvalue weighted by Crippen LogP contribution is 2.40. The molecule has 0 unspecified atom stereocenters. The van der Waals surface area contributed by atoms with Crippen LogP contribution in [0.5, 0.6) is 0 Å². The zero-order chi connectivity index (χ0) is 12.5. The van der Waals surface area contributed by atoms with Crippen LogP contribution in [0.15, 0.2) is 10.6 Å². The summed E-state index contributed by atoms with van der Waals surface area (Å²) < 4.78 is 31.2. The fourth-order valence-corrected chi connectivity index (χ4v) is 1.99. The van der Waals surface area contributed by atoms with Crippen LogP contribution in [0.3, 0.4) is 0 Å². The van der Waals surface area contributed by atoms with Gasteiger partial charge in [-0.25, -0.2) is 13.8 Å². The zero-order valence-corrected chi connectivity index (χ0v) is 9.50. The van der Waals surface area contributed by atoms with Crippen LogP contribution < -0.4 is 5.32 Å². The number of carbonyl (C=O) groups is 1. The van der Waals surface area contributed by atoms with Crippen LogP contribution in [0.25, 0.3) is 0 Å². The van der Waals surface area contributed by atoms with Gasteiger partial charge in [0.2, 0.25) is 11.7 Å². The number of amides is 1. The number of hydrogen-bond donors (Lipinski definition) is 1. The third-order valence-corrected chi connectivity index (χ3v) is 3.04. The van der Waals surface area contributed by atoms with Crippen molar-refractivity contribution >= 4 is 5.91 Å². The molecule has 1 aliphatic carbocycles. The van der Waals surface area contributed by atoms with Crippen LogP contribution in [0.2, 0.25) is 0 Å². The number of aromatic nitrogens is 1. The normalized spacial score (nSPS) is 20.2. The molecule has 0 aliphatic heterocycles. The molecule has 94 valence electrons. The Kier molecular flexibility index (Phi) is 3.13. The largest absolute Gasteiger partial charge is 0.435 e. The average Bonchev–Trinajstić information content (AvgIpc) is 2.77. The molecule has 0 saturated heterocycles. The van der Waals surface area contributed by atoms with Gasteiger partial charge in [-0.05, 0) is 12.8 Å². The number of carbonyl (C=O) groups excluding carboxylic acids is 1. The number of oxazole rings is 1. The van der Waals surface area contributed by atoms with Gasteiger partial charge in [-0.15, -0.1) is 0 Å². The van der Waals surface area contributed by atoms with Crippen molar-refractivity contribution in [1.82, 2.24) is 10.3 Å². The smallest absolute Gasteiger partial charge is 0.288 e. The van der Waals surface area contributed by atoms with Crippen molar-refractivity contribution in [3.63, 3.8) is 0 Å². The predicted molar refractivity (Wildman–Crippen MR) is 56.0 cm³/mol. The van der Waals surface area contributed by atoms with Crippen molar-refractivity contribution < 1.29 is 18.0 Å². The van der Waals surface area contributed by atoms with Gasteiger partial charge in [-0.2, -0.15) is 0 Å². The van der Waals surface area contributed by atoms with E-state index in [4.69, 9.17) is 4.42 Å². The second-order valence-electron chi connectivity index (χ2n) is 4.27. The van der Waals surface area contributed by atoms with E-state index in [9.17, 15) is 13.6 Å². The molecule has 1 heterocycles. The maximum Gasteiger partial charge on any atom is 0.288 e. The molecule has 0 spiro atoms. The van der Waals surface area contributed by atoms with Crippen LogP contribution >= 0.6 is 0 Å². The number of alkyl halides is 2. The lowest BCUT2D eigenvalue weighted by molar-refractivity contribution is -0.0399. The summed E-state index contributed by atoms with van der Waals surface area (Å²) in [5.74, 6) is -2.51. The number of hydrogen-bond acceptors (Lipinski definition) is 3. The Morgan fingerprint density at radius 1 is 1.53 bits per heavy atom. The summed E-state index contributed by atoms with van der Waals surface area (Å²) in [4.78, 5) is 15.2. The summed E-state index contributed by atoms with van der Waals surface area (Å²) in [5.41, 5.74) is 0. The van der Waals surface area contributed by atoms with Crippen LogP contribution in [-0.4, -0.2) is 23.9 Å². The second-order valence-corrected chi connectivity index (χ2v) is 4.27. The van der Waals surface area contributed by atoms with Gasteiger partial charge in [0.25, 0.3) is 5.91 Å². The van der Waals surface area contributed by atoms with Crippen LogP contribution in [0, 0.1) is 0 Å². The summed E-state index contributed by atoms with van der Waals surface area (Å²) in [6.07, 6.45) is 1.74. The molecule has 4 nitrogen and oxygen atoms in total. The first-order chi connectivity index (χ1) is 8.02. The zero-order valence-electron chi connectivity index (χ0n) is 9.50. The molecule has 0 radical (unpaired) electrons. The summed E-state index contributed by atoms with van der Waals surface area (Å²) in [6, 6.07) is 0. The van der Waals surface area contributed by atoms with Gasteiger partial charge in [-0.1, -0.05) is 0 Å². The van der Waals surface area contributed by atoms with Gasteiger partial charge < -0.3 is 9.73 Å². The Balaban J connectivity index is 2.04. The molecule has 1 aromatic heterocycles. The molecule has 6 heteroatoms. The van der Waals surface area contributed by atoms with Crippen LogP contribution in [0.1, 0.15) is 48.0 Å². The van der Waals surface area contributed by atoms with E-state index in [1.807, 2.05) is 0 Å². The number of halogens is 2. The Morgan fingerprint density at radius 2 is 2.18 bits per heavy atom. The minimum Gasteiger partial charge on any atom is -0.435 e. The summed E-state index contributed by atoms with van der Waals surface area (Å²) in [7, 11) is 1.49. The Morgan fingerprint density at radius 3 is 2.76 bits per heavy atom. The van der Waals surface area contributed by atoms with Gasteiger partial charge in [0.15, 0.2) is 5.89 Å². The molecule has 1 amide bonds. The molecule has 0 atom stereocenters. The van der Waals surface area contributed by atoms with Crippen LogP contribution in [-0.2, 0) is 0 Å². The monoisotopic (exact) mass is 244 g/mol. The van der Waals surface area contributed by atoms with E-state index in [0.29, 0.717) is 18.7 Å². The third kappa shape index (κ3) is 2.62. The Bertz CT molecular complexity index is 407. The van der Waals surface area contributed by atoms with Crippen LogP contribution in [0.4, 0.5) is 8.78 Å². The number of nitrogens with zero attached hydrogens (tertiary/aromatic N) is 1. The fraction of sp³-hybridized carbons (Fsp3) is 0.636. The molecular formula is C11H14F2N2O2. The first-order valence-corrected chi connectivity index (χ1v) is 5.57. The van der Waals surface area contributed by atoms with Gasteiger partial charge in [0.1, 0.15) is 0 Å². The molecule has 2 rings (SSSR count). The molecule has 1 aromatic rings. The molecule has 1 saturated carbocycles. The van der Waals surface area contributed by atoms with E-state index in [0.717, 1.165) is 0 Å². The van der Waals surface area contributed by atoms with Gasteiger partial charge in [0, 0.05) is 25.8 Å². The molecule has 1 fully saturated rings. The van der Waals surface area contributed by atoms with Crippen molar-refractivity contribution in [1.29, 1.82) is 0 Å². The van der Waals surface area contributed by atoms with E-state index in [2.05, 4.69) is 10.3 Å². The third-order valence-electron chi connectivity index (χ3n) is 3.04. The predicted octanol–water partition coefficient (Wildman–Crippen LogP) is 2.33. The summed E-state index contributed by atoms with van der Waals surface area (Å²) in [5, 5.41) is 2.42. The summed E-state index contributed by atoms with van der Waals surface area (Å²) in [6.45, 7) is 0. The number of nitrogens with one attached hydrogen (secondary N) is 1. The van der Waals surface area contributed by atoms with E-state index in [-0.39, 0.29) is 30.4 Å². The first-order valence-electron chi connectivity index (χ1n) is 5.57. The van der Waals surface area contributed by atoms with Gasteiger partial charge >= 0.3 is 0 Å². The van der Waals surface area contributed by atoms with Gasteiger partial charge in [-0.3, -0.25) is 4.79 Å². The standard InChI is InChI=1S/C11H14F2N2O2/c1-14-9(16)8-6-15-10(17-8)7-2-4-11(12,13)5-3-7/h6-7H,2-5H2,1H3,(H,14,16). The van der Waals surface area contributed by atoms with E-state index in [1.54, 1.807) is 0 Å². The SMILES string of the molecule is CNC(=O)c1cnc(C2CCC(F)(F)CC2)o1. The minimum atomic E-state index is -2.56. The Labute approximate surface area is 97.4 Å². The molecule has 1 N–H and O–H groups in total. The second kappa shape index (κ2) is 4.43. The van der Waals surface area contributed by atoms with Crippen molar-refractivity contribution in [2.75, 3.05) is 7.05 Å². The van der Waals surface area contributed by atoms with E-state index < -0.39 is 5.92 Å². The summed E-state index contributed by atoms with van der Waals surface area (Å²) >= 11 is 0. The average molecular weight is 244 g/mol. The van der Waals surface area contributed by atoms with Crippen molar-refractivity contribution in [2.45, 2.75) is 37.5 Å². The highest BCUT2D eigenvalue weighted by atomic mass is 19.3. The highest BCUT2D eigenvalue weighted by molar-refractivity contribution is 5.90. The quantitative estimate of drug-likeness (QED) is 0.868. The molecule has 0 aromatic carbocycles. The topological polar surface area (TPSA) is 55.1 Å². The maximum absolute atomic E-state index is 13.0. The first kappa shape index (κ1) is 12.0. The van der Waals surface area contributed by atoms with Crippen molar-refractivity contribution in [3.8, 4) is 0 Å². The van der Waals surface area contributed by atoms with Gasteiger partial charge in [0.05, 0.1) is 6.20 Å². The molecular weight excluding hydrogens is 230 g/mol. The lowest BCUT2D eigenvalue weighted by Crippen LogP contribution is -2.23. The molecule has 0 bridgehead atoms. The Hall–Kier alpha value is -1.46. The minimum absolute atomic E-state index is 0.104. The maximum atomic E-state index is 13.0. The fourth-order valence-electron chi connectivity index (χ4n) is 1.99. The molecule has 1 aliphatic rings. The van der Waals surface area contributed by atoms with Crippen molar-refractivity contribution in [3.05, 3.63) is 17.8 Å². The molecule has 17 heavy (non-hydrogen) atoms. The lowest BCUT2D eigenvalue weighted by Gasteiger charge is -2.26. The van der Waals surface area contributed by atoms with E-state index in [1.165, 1.54) is 13.2 Å². The highest BCUT2D eigenvalue weighted by Gasteiger charge is 2.37.